The number of hydrogen-bond donors (Lipinski definition) is 1. The molecule has 1 N–H and O–H groups in total. The van der Waals surface area contributed by atoms with Crippen LogP contribution < -0.4 is 5.56 Å². The molecule has 0 saturated heterocycles. The fourth-order valence-electron chi connectivity index (χ4n) is 0.741. The molecule has 0 unspecified atom stereocenters. The van der Waals surface area contributed by atoms with E-state index < -0.39 is 0 Å². The molecule has 2 nitrogen and oxygen atoms in total. The van der Waals surface area contributed by atoms with E-state index in [1.807, 2.05) is 6.92 Å². The molecule has 1 rings (SSSR count). The fourth-order valence-corrected chi connectivity index (χ4v) is 0.881. The number of aromatic amines is 1. The SMILES string of the molecule is Cc1c[nH]c(=O)c(C)c1Cl. The van der Waals surface area contributed by atoms with Crippen LogP contribution in [0.15, 0.2) is 11.0 Å². The van der Waals surface area contributed by atoms with E-state index in [0.717, 1.165) is 5.56 Å². The summed E-state index contributed by atoms with van der Waals surface area (Å²) in [6, 6.07) is 0. The van der Waals surface area contributed by atoms with Crippen LogP contribution in [0, 0.1) is 13.8 Å². The highest BCUT2D eigenvalue weighted by Crippen LogP contribution is 2.14. The number of halogens is 1. The van der Waals surface area contributed by atoms with E-state index in [4.69, 9.17) is 11.6 Å². The number of aromatic nitrogens is 1. The number of rotatable bonds is 0. The van der Waals surface area contributed by atoms with Gasteiger partial charge in [0.05, 0.1) is 5.02 Å². The van der Waals surface area contributed by atoms with Crippen molar-refractivity contribution >= 4 is 11.6 Å². The van der Waals surface area contributed by atoms with Crippen LogP contribution in [-0.2, 0) is 0 Å². The Morgan fingerprint density at radius 2 is 2.10 bits per heavy atom. The lowest BCUT2D eigenvalue weighted by Crippen LogP contribution is -2.09. The van der Waals surface area contributed by atoms with Crippen LogP contribution in [0.25, 0.3) is 0 Å². The summed E-state index contributed by atoms with van der Waals surface area (Å²) in [6.45, 7) is 3.56. The Hall–Kier alpha value is -0.760. The molecule has 0 aliphatic carbocycles. The Morgan fingerprint density at radius 3 is 2.60 bits per heavy atom. The maximum Gasteiger partial charge on any atom is 0.252 e. The van der Waals surface area contributed by atoms with Gasteiger partial charge in [-0.25, -0.2) is 0 Å². The van der Waals surface area contributed by atoms with E-state index in [0.29, 0.717) is 10.6 Å². The molecule has 0 aliphatic rings. The van der Waals surface area contributed by atoms with Gasteiger partial charge in [-0.15, -0.1) is 0 Å². The van der Waals surface area contributed by atoms with Gasteiger partial charge in [0.1, 0.15) is 0 Å². The second-order valence-electron chi connectivity index (χ2n) is 2.24. The zero-order valence-electron chi connectivity index (χ0n) is 5.86. The molecule has 0 aliphatic heterocycles. The van der Waals surface area contributed by atoms with Gasteiger partial charge in [0, 0.05) is 11.8 Å². The molecule has 0 atom stereocenters. The lowest BCUT2D eigenvalue weighted by Gasteiger charge is -1.97. The van der Waals surface area contributed by atoms with Crippen molar-refractivity contribution in [3.05, 3.63) is 32.7 Å². The van der Waals surface area contributed by atoms with Crippen LogP contribution in [0.2, 0.25) is 5.02 Å². The number of aryl methyl sites for hydroxylation is 1. The molecule has 1 aromatic rings. The predicted molar refractivity (Wildman–Crippen MR) is 41.5 cm³/mol. The van der Waals surface area contributed by atoms with Crippen molar-refractivity contribution in [3.63, 3.8) is 0 Å². The Labute approximate surface area is 63.8 Å². The monoisotopic (exact) mass is 157 g/mol. The molecule has 0 saturated carbocycles. The summed E-state index contributed by atoms with van der Waals surface area (Å²) >= 11 is 5.76. The van der Waals surface area contributed by atoms with Gasteiger partial charge in [0.15, 0.2) is 0 Å². The molecule has 0 radical (unpaired) electrons. The summed E-state index contributed by atoms with van der Waals surface area (Å²) in [5, 5.41) is 0.559. The van der Waals surface area contributed by atoms with E-state index in [1.54, 1.807) is 13.1 Å². The van der Waals surface area contributed by atoms with E-state index in [9.17, 15) is 4.79 Å². The van der Waals surface area contributed by atoms with Crippen LogP contribution >= 0.6 is 11.6 Å². The van der Waals surface area contributed by atoms with Gasteiger partial charge in [0.25, 0.3) is 5.56 Å². The van der Waals surface area contributed by atoms with E-state index >= 15 is 0 Å². The zero-order chi connectivity index (χ0) is 7.72. The first-order chi connectivity index (χ1) is 4.63. The minimum atomic E-state index is -0.115. The minimum absolute atomic E-state index is 0.115. The second kappa shape index (κ2) is 2.46. The van der Waals surface area contributed by atoms with Crippen molar-refractivity contribution in [1.29, 1.82) is 0 Å². The first kappa shape index (κ1) is 7.35. The standard InChI is InChI=1S/C7H8ClNO/c1-4-3-9-7(10)5(2)6(4)8/h3H,1-2H3,(H,9,10). The summed E-state index contributed by atoms with van der Waals surface area (Å²) in [6.07, 6.45) is 1.61. The molecule has 0 fully saturated rings. The summed E-state index contributed by atoms with van der Waals surface area (Å²) in [7, 11) is 0. The zero-order valence-corrected chi connectivity index (χ0v) is 6.62. The molecular formula is C7H8ClNO. The Bertz CT molecular complexity index is 303. The Balaban J connectivity index is 3.49. The molecular weight excluding hydrogens is 150 g/mol. The van der Waals surface area contributed by atoms with Crippen molar-refractivity contribution in [3.8, 4) is 0 Å². The van der Waals surface area contributed by atoms with Crippen molar-refractivity contribution in [1.82, 2.24) is 4.98 Å². The summed E-state index contributed by atoms with van der Waals surface area (Å²) in [4.78, 5) is 13.4. The molecule has 0 spiro atoms. The van der Waals surface area contributed by atoms with E-state index in [2.05, 4.69) is 4.98 Å². The van der Waals surface area contributed by atoms with Crippen LogP contribution in [0.4, 0.5) is 0 Å². The highest BCUT2D eigenvalue weighted by molar-refractivity contribution is 6.32. The second-order valence-corrected chi connectivity index (χ2v) is 2.62. The average Bonchev–Trinajstić information content (AvgIpc) is 1.93. The lowest BCUT2D eigenvalue weighted by molar-refractivity contribution is 1.15. The van der Waals surface area contributed by atoms with Gasteiger partial charge in [0.2, 0.25) is 0 Å². The van der Waals surface area contributed by atoms with Crippen LogP contribution in [0.1, 0.15) is 11.1 Å². The molecule has 1 heterocycles. The maximum atomic E-state index is 10.9. The highest BCUT2D eigenvalue weighted by atomic mass is 35.5. The lowest BCUT2D eigenvalue weighted by atomic mass is 10.2. The summed E-state index contributed by atoms with van der Waals surface area (Å²) < 4.78 is 0. The van der Waals surface area contributed by atoms with Crippen LogP contribution in [0.5, 0.6) is 0 Å². The Morgan fingerprint density at radius 1 is 1.50 bits per heavy atom. The first-order valence-corrected chi connectivity index (χ1v) is 3.35. The minimum Gasteiger partial charge on any atom is -0.329 e. The van der Waals surface area contributed by atoms with E-state index in [-0.39, 0.29) is 5.56 Å². The van der Waals surface area contributed by atoms with Crippen molar-refractivity contribution in [2.24, 2.45) is 0 Å². The third kappa shape index (κ3) is 1.07. The van der Waals surface area contributed by atoms with Crippen molar-refractivity contribution in [2.45, 2.75) is 13.8 Å². The van der Waals surface area contributed by atoms with Gasteiger partial charge >= 0.3 is 0 Å². The number of nitrogens with one attached hydrogen (secondary N) is 1. The average molecular weight is 158 g/mol. The smallest absolute Gasteiger partial charge is 0.252 e. The quantitative estimate of drug-likeness (QED) is 0.610. The molecule has 0 aromatic carbocycles. The maximum absolute atomic E-state index is 10.9. The number of pyridine rings is 1. The van der Waals surface area contributed by atoms with Gasteiger partial charge in [-0.1, -0.05) is 11.6 Å². The molecule has 1 aromatic heterocycles. The molecule has 0 bridgehead atoms. The molecule has 54 valence electrons. The Kier molecular flexibility index (Phi) is 1.81. The van der Waals surface area contributed by atoms with Crippen LogP contribution in [0.3, 0.4) is 0 Å². The van der Waals surface area contributed by atoms with Gasteiger partial charge in [-0.3, -0.25) is 4.79 Å². The topological polar surface area (TPSA) is 32.9 Å². The number of H-pyrrole nitrogens is 1. The summed E-state index contributed by atoms with van der Waals surface area (Å²) in [5.74, 6) is 0. The molecule has 10 heavy (non-hydrogen) atoms. The normalized spacial score (nSPS) is 9.90. The summed E-state index contributed by atoms with van der Waals surface area (Å²) in [5.41, 5.74) is 1.37. The highest BCUT2D eigenvalue weighted by Gasteiger charge is 2.00. The number of hydrogen-bond acceptors (Lipinski definition) is 1. The fraction of sp³-hybridized carbons (Fsp3) is 0.286. The van der Waals surface area contributed by atoms with Crippen molar-refractivity contribution in [2.75, 3.05) is 0 Å². The van der Waals surface area contributed by atoms with Gasteiger partial charge < -0.3 is 4.98 Å². The van der Waals surface area contributed by atoms with E-state index in [1.165, 1.54) is 0 Å². The first-order valence-electron chi connectivity index (χ1n) is 2.97. The van der Waals surface area contributed by atoms with Crippen molar-refractivity contribution < 1.29 is 0 Å². The molecule has 3 heteroatoms. The molecule has 0 amide bonds. The third-order valence-corrected chi connectivity index (χ3v) is 2.02. The van der Waals surface area contributed by atoms with Gasteiger partial charge in [-0.05, 0) is 19.4 Å². The third-order valence-electron chi connectivity index (χ3n) is 1.44. The van der Waals surface area contributed by atoms with Crippen LogP contribution in [-0.4, -0.2) is 4.98 Å². The predicted octanol–water partition coefficient (Wildman–Crippen LogP) is 1.65. The van der Waals surface area contributed by atoms with Gasteiger partial charge in [-0.2, -0.15) is 0 Å². The largest absolute Gasteiger partial charge is 0.329 e.